The van der Waals surface area contributed by atoms with E-state index in [1.807, 2.05) is 6.08 Å². The highest BCUT2D eigenvalue weighted by Crippen LogP contribution is 2.16. The van der Waals surface area contributed by atoms with E-state index in [2.05, 4.69) is 124 Å². The SMILES string of the molecule is CC/C=C\C/C=C\C/C=C\C/C=C\CCCCCCCCCCCCCCCCC(=O)OCC(COC(=O)CC/C=C\C/C=C\C/C=C\C/C=C\CC)OC(=O)CCCCCCCCCCC/C=C\CCCCCCCC. The number of hydrogen-bond acceptors (Lipinski definition) is 6. The molecule has 0 radical (unpaired) electrons. The van der Waals surface area contributed by atoms with E-state index in [1.165, 1.54) is 167 Å². The van der Waals surface area contributed by atoms with Crippen LogP contribution in [0.25, 0.3) is 0 Å². The summed E-state index contributed by atoms with van der Waals surface area (Å²) in [5, 5.41) is 0. The third kappa shape index (κ3) is 62.8. The molecule has 1 unspecified atom stereocenters. The van der Waals surface area contributed by atoms with Crippen molar-refractivity contribution >= 4 is 17.9 Å². The summed E-state index contributed by atoms with van der Waals surface area (Å²) in [6.07, 6.45) is 88.3. The fraction of sp³-hybridized carbons (Fsp3) is 0.704. The predicted molar refractivity (Wildman–Crippen MR) is 334 cm³/mol. The second kappa shape index (κ2) is 64.6. The molecule has 0 saturated heterocycles. The molecule has 0 spiro atoms. The minimum Gasteiger partial charge on any atom is -0.462 e. The van der Waals surface area contributed by atoms with Gasteiger partial charge in [-0.25, -0.2) is 0 Å². The van der Waals surface area contributed by atoms with Crippen LogP contribution in [0.2, 0.25) is 0 Å². The van der Waals surface area contributed by atoms with Gasteiger partial charge in [0.2, 0.25) is 0 Å². The van der Waals surface area contributed by atoms with Crippen LogP contribution >= 0.6 is 0 Å². The van der Waals surface area contributed by atoms with E-state index >= 15 is 0 Å². The van der Waals surface area contributed by atoms with Crippen molar-refractivity contribution in [2.24, 2.45) is 0 Å². The molecule has 0 heterocycles. The molecule has 6 nitrogen and oxygen atoms in total. The highest BCUT2D eigenvalue weighted by molar-refractivity contribution is 5.71. The maximum Gasteiger partial charge on any atom is 0.306 e. The van der Waals surface area contributed by atoms with Gasteiger partial charge < -0.3 is 14.2 Å². The minimum absolute atomic E-state index is 0.100. The van der Waals surface area contributed by atoms with E-state index in [1.54, 1.807) is 0 Å². The molecule has 0 aliphatic heterocycles. The Labute approximate surface area is 476 Å². The van der Waals surface area contributed by atoms with Gasteiger partial charge in [-0.05, 0) is 109 Å². The van der Waals surface area contributed by atoms with Crippen LogP contribution in [0, 0.1) is 0 Å². The third-order valence-electron chi connectivity index (χ3n) is 13.8. The second-order valence-electron chi connectivity index (χ2n) is 21.3. The molecule has 0 aliphatic rings. The van der Waals surface area contributed by atoms with Gasteiger partial charge in [-0.2, -0.15) is 0 Å². The van der Waals surface area contributed by atoms with Crippen LogP contribution in [-0.4, -0.2) is 37.2 Å². The summed E-state index contributed by atoms with van der Waals surface area (Å²) < 4.78 is 16.9. The van der Waals surface area contributed by atoms with E-state index in [4.69, 9.17) is 14.2 Å². The number of hydrogen-bond donors (Lipinski definition) is 0. The highest BCUT2D eigenvalue weighted by Gasteiger charge is 2.19. The first-order valence-electron chi connectivity index (χ1n) is 32.4. The number of unbranched alkanes of at least 4 members (excludes halogenated alkanes) is 29. The number of rotatable bonds is 58. The van der Waals surface area contributed by atoms with Gasteiger partial charge in [-0.1, -0.05) is 284 Å². The molecule has 77 heavy (non-hydrogen) atoms. The lowest BCUT2D eigenvalue weighted by molar-refractivity contribution is -0.166. The predicted octanol–water partition coefficient (Wildman–Crippen LogP) is 22.2. The van der Waals surface area contributed by atoms with Crippen molar-refractivity contribution in [2.45, 2.75) is 309 Å². The first kappa shape index (κ1) is 73.1. The average molecular weight is 1070 g/mol. The lowest BCUT2D eigenvalue weighted by atomic mass is 10.0. The zero-order valence-electron chi connectivity index (χ0n) is 50.4. The monoisotopic (exact) mass is 1070 g/mol. The Balaban J connectivity index is 4.32. The normalized spacial score (nSPS) is 12.8. The highest BCUT2D eigenvalue weighted by atomic mass is 16.6. The van der Waals surface area contributed by atoms with Crippen molar-refractivity contribution < 1.29 is 28.6 Å². The summed E-state index contributed by atoms with van der Waals surface area (Å²) in [4.78, 5) is 38.3. The molecule has 0 saturated carbocycles. The Morgan fingerprint density at radius 3 is 0.883 bits per heavy atom. The van der Waals surface area contributed by atoms with Gasteiger partial charge in [-0.15, -0.1) is 0 Å². The zero-order chi connectivity index (χ0) is 55.7. The van der Waals surface area contributed by atoms with Gasteiger partial charge in [-0.3, -0.25) is 14.4 Å². The van der Waals surface area contributed by atoms with Crippen LogP contribution in [-0.2, 0) is 28.6 Å². The molecule has 0 aromatic heterocycles. The molecule has 0 bridgehead atoms. The van der Waals surface area contributed by atoms with Crippen LogP contribution in [0.15, 0.2) is 109 Å². The van der Waals surface area contributed by atoms with E-state index in [0.29, 0.717) is 19.3 Å². The summed E-state index contributed by atoms with van der Waals surface area (Å²) >= 11 is 0. The Morgan fingerprint density at radius 1 is 0.273 bits per heavy atom. The quantitative estimate of drug-likeness (QED) is 0.0261. The number of carbonyl (C=O) groups excluding carboxylic acids is 3. The van der Waals surface area contributed by atoms with Crippen molar-refractivity contribution in [1.82, 2.24) is 0 Å². The summed E-state index contributed by atoms with van der Waals surface area (Å²) in [5.41, 5.74) is 0. The standard InChI is InChI=1S/C71H120O6/c1-4-7-10-13-16-19-22-25-27-29-31-32-33-34-35-36-37-38-40-41-43-46-49-52-55-58-61-64-70(73)76-67-68(66-75-69(72)63-60-57-54-51-48-45-24-21-18-15-12-9-6-3)77-71(74)65-62-59-56-53-50-47-44-42-39-30-28-26-23-20-17-14-11-8-5-2/h7,9-10,12,16,18-19,21,25-28,31-32,45,48,54,57,68H,4-6,8,11,13-15,17,20,22-24,29-30,33-44,46-47,49-53,55-56,58-67H2,1-3H3/b10-7-,12-9-,19-16-,21-18-,27-25-,28-26-,32-31-,48-45-,57-54-. The molecule has 1 atom stereocenters. The Kier molecular flexibility index (Phi) is 61.3. The van der Waals surface area contributed by atoms with Gasteiger partial charge in [0.15, 0.2) is 6.10 Å². The van der Waals surface area contributed by atoms with Crippen molar-refractivity contribution in [1.29, 1.82) is 0 Å². The first-order valence-corrected chi connectivity index (χ1v) is 32.4. The maximum atomic E-state index is 12.9. The largest absolute Gasteiger partial charge is 0.462 e. The molecule has 0 fully saturated rings. The van der Waals surface area contributed by atoms with E-state index < -0.39 is 6.10 Å². The number of carbonyl (C=O) groups is 3. The van der Waals surface area contributed by atoms with E-state index in [9.17, 15) is 14.4 Å². The Hall–Kier alpha value is -3.93. The van der Waals surface area contributed by atoms with Crippen LogP contribution in [0.4, 0.5) is 0 Å². The molecule has 0 N–H and O–H groups in total. The van der Waals surface area contributed by atoms with Gasteiger partial charge in [0.1, 0.15) is 13.2 Å². The summed E-state index contributed by atoms with van der Waals surface area (Å²) in [7, 11) is 0. The van der Waals surface area contributed by atoms with Gasteiger partial charge in [0.25, 0.3) is 0 Å². The summed E-state index contributed by atoms with van der Waals surface area (Å²) in [6.45, 7) is 6.37. The Morgan fingerprint density at radius 2 is 0.532 bits per heavy atom. The van der Waals surface area contributed by atoms with Gasteiger partial charge in [0, 0.05) is 19.3 Å². The smallest absolute Gasteiger partial charge is 0.306 e. The Bertz CT molecular complexity index is 1560. The molecular formula is C71H120O6. The van der Waals surface area contributed by atoms with E-state index in [0.717, 1.165) is 89.9 Å². The molecule has 0 aliphatic carbocycles. The molecule has 0 amide bonds. The molecule has 0 aromatic carbocycles. The summed E-state index contributed by atoms with van der Waals surface area (Å²) in [5.74, 6) is -0.980. The third-order valence-corrected chi connectivity index (χ3v) is 13.8. The van der Waals surface area contributed by atoms with Crippen LogP contribution in [0.3, 0.4) is 0 Å². The van der Waals surface area contributed by atoms with Crippen molar-refractivity contribution in [3.05, 3.63) is 109 Å². The number of esters is 3. The maximum absolute atomic E-state index is 12.9. The van der Waals surface area contributed by atoms with Crippen LogP contribution < -0.4 is 0 Å². The van der Waals surface area contributed by atoms with Crippen LogP contribution in [0.1, 0.15) is 303 Å². The molecule has 440 valence electrons. The molecule has 6 heteroatoms. The van der Waals surface area contributed by atoms with Crippen molar-refractivity contribution in [3.8, 4) is 0 Å². The lowest BCUT2D eigenvalue weighted by Crippen LogP contribution is -2.30. The number of ether oxygens (including phenoxy) is 3. The molecule has 0 aromatic rings. The summed E-state index contributed by atoms with van der Waals surface area (Å²) in [6, 6.07) is 0. The van der Waals surface area contributed by atoms with Gasteiger partial charge in [0.05, 0.1) is 0 Å². The second-order valence-corrected chi connectivity index (χ2v) is 21.3. The van der Waals surface area contributed by atoms with Crippen molar-refractivity contribution in [3.63, 3.8) is 0 Å². The zero-order valence-corrected chi connectivity index (χ0v) is 50.4. The number of allylic oxidation sites excluding steroid dienone is 18. The fourth-order valence-electron chi connectivity index (χ4n) is 8.97. The first-order chi connectivity index (χ1) is 38.0. The van der Waals surface area contributed by atoms with Gasteiger partial charge >= 0.3 is 17.9 Å². The molecule has 0 rings (SSSR count). The topological polar surface area (TPSA) is 78.9 Å². The van der Waals surface area contributed by atoms with E-state index in [-0.39, 0.29) is 37.5 Å². The van der Waals surface area contributed by atoms with Crippen molar-refractivity contribution in [2.75, 3.05) is 13.2 Å². The lowest BCUT2D eigenvalue weighted by Gasteiger charge is -2.18. The fourth-order valence-corrected chi connectivity index (χ4v) is 8.97. The van der Waals surface area contributed by atoms with Crippen LogP contribution in [0.5, 0.6) is 0 Å². The minimum atomic E-state index is -0.810. The average Bonchev–Trinajstić information content (AvgIpc) is 3.43. The molecular weight excluding hydrogens is 949 g/mol.